The molecule has 140 valence electrons. The minimum absolute atomic E-state index is 0.0841. The van der Waals surface area contributed by atoms with Gasteiger partial charge in [0, 0.05) is 23.6 Å². The van der Waals surface area contributed by atoms with Crippen LogP contribution in [0.5, 0.6) is 5.75 Å². The SMILES string of the molecule is CN(Cc1cccc(F)c1)C(=O)COC(=O)C1=Cc2cc(Br)ccc2OC1. The summed E-state index contributed by atoms with van der Waals surface area (Å²) >= 11 is 3.37. The first-order valence-electron chi connectivity index (χ1n) is 8.21. The Morgan fingerprint density at radius 3 is 2.85 bits per heavy atom. The number of rotatable bonds is 5. The first-order valence-corrected chi connectivity index (χ1v) is 9.00. The maximum Gasteiger partial charge on any atom is 0.338 e. The van der Waals surface area contributed by atoms with Crippen LogP contribution >= 0.6 is 15.9 Å². The second kappa shape index (κ2) is 8.35. The van der Waals surface area contributed by atoms with Crippen molar-refractivity contribution in [3.05, 3.63) is 69.5 Å². The quantitative estimate of drug-likeness (QED) is 0.676. The number of halogens is 2. The summed E-state index contributed by atoms with van der Waals surface area (Å²) in [5.74, 6) is -0.669. The highest BCUT2D eigenvalue weighted by Crippen LogP contribution is 2.29. The molecule has 1 amide bonds. The lowest BCUT2D eigenvalue weighted by atomic mass is 10.1. The summed E-state index contributed by atoms with van der Waals surface area (Å²) in [7, 11) is 1.57. The second-order valence-electron chi connectivity index (χ2n) is 6.10. The van der Waals surface area contributed by atoms with Gasteiger partial charge in [0.2, 0.25) is 0 Å². The number of ether oxygens (including phenoxy) is 2. The van der Waals surface area contributed by atoms with Crippen LogP contribution in [0, 0.1) is 5.82 Å². The standard InChI is InChI=1S/C20H17BrFNO4/c1-23(10-13-3-2-4-17(22)7-13)19(24)12-27-20(25)15-8-14-9-16(21)5-6-18(14)26-11-15/h2-9H,10-12H2,1H3. The Hall–Kier alpha value is -2.67. The third-order valence-electron chi connectivity index (χ3n) is 4.01. The van der Waals surface area contributed by atoms with Gasteiger partial charge in [0.25, 0.3) is 5.91 Å². The Balaban J connectivity index is 1.56. The summed E-state index contributed by atoms with van der Waals surface area (Å²) in [6.07, 6.45) is 1.69. The van der Waals surface area contributed by atoms with Gasteiger partial charge < -0.3 is 14.4 Å². The highest BCUT2D eigenvalue weighted by Gasteiger charge is 2.20. The van der Waals surface area contributed by atoms with E-state index < -0.39 is 12.6 Å². The number of benzene rings is 2. The average molecular weight is 434 g/mol. The number of amides is 1. The molecule has 0 unspecified atom stereocenters. The number of nitrogens with zero attached hydrogens (tertiary/aromatic N) is 1. The van der Waals surface area contributed by atoms with Gasteiger partial charge in [0.15, 0.2) is 6.61 Å². The van der Waals surface area contributed by atoms with E-state index in [4.69, 9.17) is 9.47 Å². The molecule has 0 aliphatic carbocycles. The molecule has 1 heterocycles. The van der Waals surface area contributed by atoms with E-state index in [2.05, 4.69) is 15.9 Å². The van der Waals surface area contributed by atoms with Gasteiger partial charge in [-0.25, -0.2) is 9.18 Å². The van der Waals surface area contributed by atoms with Crippen molar-refractivity contribution in [2.24, 2.45) is 0 Å². The molecule has 5 nitrogen and oxygen atoms in total. The van der Waals surface area contributed by atoms with Gasteiger partial charge in [-0.1, -0.05) is 28.1 Å². The lowest BCUT2D eigenvalue weighted by Gasteiger charge is -2.19. The zero-order valence-corrected chi connectivity index (χ0v) is 16.2. The summed E-state index contributed by atoms with van der Waals surface area (Å²) in [5, 5.41) is 0. The molecule has 27 heavy (non-hydrogen) atoms. The lowest BCUT2D eigenvalue weighted by molar-refractivity contribution is -0.148. The Bertz CT molecular complexity index is 913. The van der Waals surface area contributed by atoms with Crippen molar-refractivity contribution in [1.29, 1.82) is 0 Å². The molecular formula is C20H17BrFNO4. The van der Waals surface area contributed by atoms with E-state index in [1.54, 1.807) is 25.3 Å². The van der Waals surface area contributed by atoms with Gasteiger partial charge in [-0.05, 0) is 42.0 Å². The molecule has 1 aliphatic rings. The number of hydrogen-bond donors (Lipinski definition) is 0. The third-order valence-corrected chi connectivity index (χ3v) is 4.50. The number of likely N-dealkylation sites (N-methyl/N-ethyl adjacent to an activating group) is 1. The molecule has 0 fully saturated rings. The molecule has 0 bridgehead atoms. The Morgan fingerprint density at radius 1 is 1.26 bits per heavy atom. The van der Waals surface area contributed by atoms with Gasteiger partial charge in [-0.15, -0.1) is 0 Å². The predicted molar refractivity (Wildman–Crippen MR) is 101 cm³/mol. The molecule has 1 aliphatic heterocycles. The maximum absolute atomic E-state index is 13.2. The van der Waals surface area contributed by atoms with Crippen LogP contribution in [0.4, 0.5) is 4.39 Å². The summed E-state index contributed by atoms with van der Waals surface area (Å²) < 4.78 is 24.7. The first-order chi connectivity index (χ1) is 12.9. The molecule has 7 heteroatoms. The number of hydrogen-bond acceptors (Lipinski definition) is 4. The van der Waals surface area contributed by atoms with Crippen molar-refractivity contribution >= 4 is 33.9 Å². The minimum atomic E-state index is -0.604. The summed E-state index contributed by atoms with van der Waals surface area (Å²) in [4.78, 5) is 25.8. The third kappa shape index (κ3) is 4.95. The second-order valence-corrected chi connectivity index (χ2v) is 7.01. The summed E-state index contributed by atoms with van der Waals surface area (Å²) in [5.41, 5.74) is 1.75. The molecule has 2 aromatic carbocycles. The van der Waals surface area contributed by atoms with Gasteiger partial charge in [-0.3, -0.25) is 4.79 Å². The number of esters is 1. The molecule has 3 rings (SSSR count). The highest BCUT2D eigenvalue weighted by molar-refractivity contribution is 9.10. The van der Waals surface area contributed by atoms with E-state index in [1.165, 1.54) is 17.0 Å². The topological polar surface area (TPSA) is 55.8 Å². The van der Waals surface area contributed by atoms with E-state index in [9.17, 15) is 14.0 Å². The molecule has 0 saturated heterocycles. The summed E-state index contributed by atoms with van der Waals surface area (Å²) in [6, 6.07) is 11.5. The van der Waals surface area contributed by atoms with Crippen molar-refractivity contribution in [3.63, 3.8) is 0 Å². The summed E-state index contributed by atoms with van der Waals surface area (Å²) in [6.45, 7) is -0.0878. The van der Waals surface area contributed by atoms with E-state index in [-0.39, 0.29) is 24.9 Å². The van der Waals surface area contributed by atoms with Crippen molar-refractivity contribution in [1.82, 2.24) is 4.90 Å². The van der Waals surface area contributed by atoms with Crippen LogP contribution in [0.3, 0.4) is 0 Å². The van der Waals surface area contributed by atoms with Crippen LogP contribution in [0.1, 0.15) is 11.1 Å². The fourth-order valence-electron chi connectivity index (χ4n) is 2.59. The normalized spacial score (nSPS) is 12.5. The van der Waals surface area contributed by atoms with Crippen LogP contribution < -0.4 is 4.74 Å². The highest BCUT2D eigenvalue weighted by atomic mass is 79.9. The van der Waals surface area contributed by atoms with Crippen molar-refractivity contribution < 1.29 is 23.5 Å². The molecular weight excluding hydrogens is 417 g/mol. The van der Waals surface area contributed by atoms with Crippen LogP contribution in [0.2, 0.25) is 0 Å². The number of carbonyl (C=O) groups excluding carboxylic acids is 2. The average Bonchev–Trinajstić information content (AvgIpc) is 2.65. The molecule has 0 radical (unpaired) electrons. The van der Waals surface area contributed by atoms with E-state index in [0.29, 0.717) is 16.9 Å². The van der Waals surface area contributed by atoms with Gasteiger partial charge in [0.1, 0.15) is 18.2 Å². The van der Waals surface area contributed by atoms with Gasteiger partial charge in [-0.2, -0.15) is 0 Å². The Labute approximate surface area is 164 Å². The van der Waals surface area contributed by atoms with Crippen LogP contribution in [0.15, 0.2) is 52.5 Å². The Morgan fingerprint density at radius 2 is 2.07 bits per heavy atom. The number of fused-ring (bicyclic) bond motifs is 1. The zero-order valence-electron chi connectivity index (χ0n) is 14.6. The molecule has 0 atom stereocenters. The van der Waals surface area contributed by atoms with Gasteiger partial charge >= 0.3 is 5.97 Å². The minimum Gasteiger partial charge on any atom is -0.488 e. The largest absolute Gasteiger partial charge is 0.488 e. The van der Waals surface area contributed by atoms with Crippen molar-refractivity contribution in [3.8, 4) is 5.75 Å². The monoisotopic (exact) mass is 433 g/mol. The van der Waals surface area contributed by atoms with Gasteiger partial charge in [0.05, 0.1) is 5.57 Å². The van der Waals surface area contributed by atoms with E-state index in [1.807, 2.05) is 18.2 Å². The molecule has 0 saturated carbocycles. The first kappa shape index (κ1) is 19.1. The lowest BCUT2D eigenvalue weighted by Crippen LogP contribution is -2.31. The van der Waals surface area contributed by atoms with E-state index >= 15 is 0 Å². The molecule has 2 aromatic rings. The maximum atomic E-state index is 13.2. The molecule has 0 N–H and O–H groups in total. The fourth-order valence-corrected chi connectivity index (χ4v) is 2.97. The van der Waals surface area contributed by atoms with Crippen molar-refractivity contribution in [2.45, 2.75) is 6.54 Å². The van der Waals surface area contributed by atoms with Crippen molar-refractivity contribution in [2.75, 3.05) is 20.3 Å². The van der Waals surface area contributed by atoms with Crippen LogP contribution in [-0.2, 0) is 20.9 Å². The molecule has 0 aromatic heterocycles. The predicted octanol–water partition coefficient (Wildman–Crippen LogP) is 3.57. The fraction of sp³-hybridized carbons (Fsp3) is 0.200. The smallest absolute Gasteiger partial charge is 0.338 e. The van der Waals surface area contributed by atoms with Crippen LogP contribution in [-0.4, -0.2) is 37.0 Å². The zero-order chi connectivity index (χ0) is 19.4. The Kier molecular flexibility index (Phi) is 5.91. The number of carbonyl (C=O) groups is 2. The molecule has 0 spiro atoms. The van der Waals surface area contributed by atoms with Crippen LogP contribution in [0.25, 0.3) is 6.08 Å². The van der Waals surface area contributed by atoms with E-state index in [0.717, 1.165) is 10.0 Å².